The molecule has 2 aromatic carbocycles. The van der Waals surface area contributed by atoms with Gasteiger partial charge in [0.1, 0.15) is 6.10 Å². The molecule has 17 heavy (non-hydrogen) atoms. The van der Waals surface area contributed by atoms with E-state index in [1.165, 1.54) is 5.39 Å². The third-order valence-electron chi connectivity index (χ3n) is 3.01. The number of aliphatic hydroxyl groups is 1. The monoisotopic (exact) mass is 223 g/mol. The van der Waals surface area contributed by atoms with E-state index in [0.717, 1.165) is 16.6 Å². The van der Waals surface area contributed by atoms with Crippen LogP contribution in [-0.4, -0.2) is 10.1 Å². The van der Waals surface area contributed by atoms with E-state index in [0.29, 0.717) is 0 Å². The quantitative estimate of drug-likeness (QED) is 0.687. The van der Waals surface area contributed by atoms with Crippen LogP contribution in [0.5, 0.6) is 0 Å². The molecule has 0 aliphatic rings. The highest BCUT2D eigenvalue weighted by Crippen LogP contribution is 2.24. The van der Waals surface area contributed by atoms with Crippen LogP contribution in [0.15, 0.2) is 60.8 Å². The number of H-pyrrole nitrogens is 1. The van der Waals surface area contributed by atoms with Crippen molar-refractivity contribution in [2.75, 3.05) is 0 Å². The zero-order valence-electron chi connectivity index (χ0n) is 9.30. The Morgan fingerprint density at radius 1 is 0.882 bits per heavy atom. The smallest absolute Gasteiger partial charge is 0.119 e. The first kappa shape index (κ1) is 10.1. The van der Waals surface area contributed by atoms with Gasteiger partial charge in [-0.15, -0.1) is 0 Å². The second-order valence-corrected chi connectivity index (χ2v) is 4.13. The van der Waals surface area contributed by atoms with Crippen LogP contribution in [0, 0.1) is 0 Å². The van der Waals surface area contributed by atoms with E-state index in [4.69, 9.17) is 0 Å². The van der Waals surface area contributed by atoms with Gasteiger partial charge in [0.15, 0.2) is 0 Å². The van der Waals surface area contributed by atoms with Gasteiger partial charge in [-0.3, -0.25) is 0 Å². The Balaban J connectivity index is 2.06. The third kappa shape index (κ3) is 1.83. The molecule has 0 saturated heterocycles. The Morgan fingerprint density at radius 3 is 2.47 bits per heavy atom. The van der Waals surface area contributed by atoms with Crippen molar-refractivity contribution in [1.29, 1.82) is 0 Å². The lowest BCUT2D eigenvalue weighted by molar-refractivity contribution is 0.216. The summed E-state index contributed by atoms with van der Waals surface area (Å²) in [6.07, 6.45) is 1.23. The lowest BCUT2D eigenvalue weighted by Gasteiger charge is -2.10. The highest BCUT2D eigenvalue weighted by Gasteiger charge is 2.10. The van der Waals surface area contributed by atoms with Gasteiger partial charge >= 0.3 is 0 Å². The summed E-state index contributed by atoms with van der Waals surface area (Å²) in [5, 5.41) is 12.5. The summed E-state index contributed by atoms with van der Waals surface area (Å²) in [4.78, 5) is 3.03. The SMILES string of the molecule is OC(c1ccc2ccccc2c1)c1ccc[nH]1. The minimum absolute atomic E-state index is 0.588. The van der Waals surface area contributed by atoms with Crippen molar-refractivity contribution in [1.82, 2.24) is 4.98 Å². The number of hydrogen-bond donors (Lipinski definition) is 2. The van der Waals surface area contributed by atoms with Gasteiger partial charge in [0, 0.05) is 11.9 Å². The van der Waals surface area contributed by atoms with Crippen LogP contribution < -0.4 is 0 Å². The first-order valence-electron chi connectivity index (χ1n) is 5.64. The number of hydrogen-bond acceptors (Lipinski definition) is 1. The molecule has 0 amide bonds. The standard InChI is InChI=1S/C15H13NO/c17-15(14-6-3-9-16-14)13-8-7-11-4-1-2-5-12(11)10-13/h1-10,15-17H. The molecule has 3 rings (SSSR count). The molecule has 0 aliphatic carbocycles. The van der Waals surface area contributed by atoms with Crippen molar-refractivity contribution in [2.45, 2.75) is 6.10 Å². The van der Waals surface area contributed by atoms with Crippen LogP contribution in [0.25, 0.3) is 10.8 Å². The molecule has 0 radical (unpaired) electrons. The Kier molecular flexibility index (Phi) is 2.42. The molecule has 3 aromatic rings. The molecule has 0 spiro atoms. The lowest BCUT2D eigenvalue weighted by atomic mass is 10.0. The van der Waals surface area contributed by atoms with Gasteiger partial charge in [-0.1, -0.05) is 36.4 Å². The van der Waals surface area contributed by atoms with Gasteiger partial charge in [-0.05, 0) is 34.5 Å². The molecule has 2 nitrogen and oxygen atoms in total. The second kappa shape index (κ2) is 4.07. The molecule has 2 N–H and O–H groups in total. The molecule has 2 heteroatoms. The topological polar surface area (TPSA) is 36.0 Å². The largest absolute Gasteiger partial charge is 0.382 e. The predicted octanol–water partition coefficient (Wildman–Crippen LogP) is 3.25. The maximum atomic E-state index is 10.2. The van der Waals surface area contributed by atoms with Crippen LogP contribution in [0.2, 0.25) is 0 Å². The molecular formula is C15H13NO. The number of aromatic amines is 1. The highest BCUT2D eigenvalue weighted by atomic mass is 16.3. The fourth-order valence-corrected chi connectivity index (χ4v) is 2.07. The number of aromatic nitrogens is 1. The summed E-state index contributed by atoms with van der Waals surface area (Å²) in [7, 11) is 0. The van der Waals surface area contributed by atoms with Crippen molar-refractivity contribution in [3.63, 3.8) is 0 Å². The van der Waals surface area contributed by atoms with Crippen molar-refractivity contribution < 1.29 is 5.11 Å². The number of rotatable bonds is 2. The summed E-state index contributed by atoms with van der Waals surface area (Å²) in [6.45, 7) is 0. The molecule has 0 bridgehead atoms. The van der Waals surface area contributed by atoms with Gasteiger partial charge in [0.05, 0.1) is 0 Å². The van der Waals surface area contributed by atoms with Crippen LogP contribution >= 0.6 is 0 Å². The first-order chi connectivity index (χ1) is 8.34. The van der Waals surface area contributed by atoms with Gasteiger partial charge in [0.2, 0.25) is 0 Å². The third-order valence-corrected chi connectivity index (χ3v) is 3.01. The Labute approximate surface area is 99.5 Å². The van der Waals surface area contributed by atoms with Crippen LogP contribution in [0.1, 0.15) is 17.4 Å². The lowest BCUT2D eigenvalue weighted by Crippen LogP contribution is -1.99. The summed E-state index contributed by atoms with van der Waals surface area (Å²) >= 11 is 0. The van der Waals surface area contributed by atoms with Gasteiger partial charge in [-0.2, -0.15) is 0 Å². The number of benzene rings is 2. The van der Waals surface area contributed by atoms with Gasteiger partial charge < -0.3 is 10.1 Å². The van der Waals surface area contributed by atoms with E-state index in [1.54, 1.807) is 0 Å². The van der Waals surface area contributed by atoms with E-state index in [1.807, 2.05) is 48.7 Å². The molecule has 1 heterocycles. The summed E-state index contributed by atoms with van der Waals surface area (Å²) in [6, 6.07) is 18.0. The summed E-state index contributed by atoms with van der Waals surface area (Å²) in [5.41, 5.74) is 1.73. The normalized spacial score (nSPS) is 12.8. The number of fused-ring (bicyclic) bond motifs is 1. The molecule has 0 fully saturated rings. The maximum absolute atomic E-state index is 10.2. The molecule has 1 unspecified atom stereocenters. The second-order valence-electron chi connectivity index (χ2n) is 4.13. The fraction of sp³-hybridized carbons (Fsp3) is 0.0667. The molecule has 1 atom stereocenters. The van der Waals surface area contributed by atoms with E-state index in [2.05, 4.69) is 17.1 Å². The van der Waals surface area contributed by atoms with Gasteiger partial charge in [-0.25, -0.2) is 0 Å². The minimum Gasteiger partial charge on any atom is -0.382 e. The van der Waals surface area contributed by atoms with E-state index in [-0.39, 0.29) is 0 Å². The van der Waals surface area contributed by atoms with Gasteiger partial charge in [0.25, 0.3) is 0 Å². The van der Waals surface area contributed by atoms with Crippen molar-refractivity contribution in [3.8, 4) is 0 Å². The maximum Gasteiger partial charge on any atom is 0.119 e. The van der Waals surface area contributed by atoms with E-state index >= 15 is 0 Å². The zero-order chi connectivity index (χ0) is 11.7. The first-order valence-corrected chi connectivity index (χ1v) is 5.64. The Hall–Kier alpha value is -2.06. The number of nitrogens with one attached hydrogen (secondary N) is 1. The van der Waals surface area contributed by atoms with Crippen LogP contribution in [0.4, 0.5) is 0 Å². The van der Waals surface area contributed by atoms with Crippen LogP contribution in [0.3, 0.4) is 0 Å². The summed E-state index contributed by atoms with van der Waals surface area (Å²) < 4.78 is 0. The molecule has 1 aromatic heterocycles. The average molecular weight is 223 g/mol. The Morgan fingerprint density at radius 2 is 1.71 bits per heavy atom. The Bertz CT molecular complexity index is 628. The fourth-order valence-electron chi connectivity index (χ4n) is 2.07. The minimum atomic E-state index is -0.588. The van der Waals surface area contributed by atoms with Crippen LogP contribution in [-0.2, 0) is 0 Å². The zero-order valence-corrected chi connectivity index (χ0v) is 9.30. The predicted molar refractivity (Wildman–Crippen MR) is 68.8 cm³/mol. The van der Waals surface area contributed by atoms with Crippen molar-refractivity contribution in [3.05, 3.63) is 72.1 Å². The average Bonchev–Trinajstić information content (AvgIpc) is 2.91. The number of aliphatic hydroxyl groups excluding tert-OH is 1. The van der Waals surface area contributed by atoms with Crippen molar-refractivity contribution in [2.24, 2.45) is 0 Å². The molecule has 0 saturated carbocycles. The van der Waals surface area contributed by atoms with E-state index < -0.39 is 6.10 Å². The van der Waals surface area contributed by atoms with Crippen molar-refractivity contribution >= 4 is 10.8 Å². The van der Waals surface area contributed by atoms with E-state index in [9.17, 15) is 5.11 Å². The molecular weight excluding hydrogens is 210 g/mol. The summed E-state index contributed by atoms with van der Waals surface area (Å²) in [5.74, 6) is 0. The molecule has 0 aliphatic heterocycles. The highest BCUT2D eigenvalue weighted by molar-refractivity contribution is 5.83. The molecule has 84 valence electrons.